The average Bonchev–Trinajstić information content (AvgIpc) is 2.26. The lowest BCUT2D eigenvalue weighted by Crippen LogP contribution is -1.94. The molecule has 0 amide bonds. The maximum absolute atomic E-state index is 11.0. The highest BCUT2D eigenvalue weighted by Gasteiger charge is 1.97. The Labute approximate surface area is 95.6 Å². The lowest BCUT2D eigenvalue weighted by molar-refractivity contribution is -0.118. The molecule has 0 spiro atoms. The maximum Gasteiger partial charge on any atom is 0.132 e. The summed E-state index contributed by atoms with van der Waals surface area (Å²) in [5, 5.41) is 0. The number of Topliss-reactive ketones (excluding diaryl/α,β-unsaturated/α-hetero) is 1. The fourth-order valence-electron chi connectivity index (χ4n) is 1.81. The Bertz CT molecular complexity index is 140. The summed E-state index contributed by atoms with van der Waals surface area (Å²) in [6.07, 6.45) is 13.5. The second-order valence-electron chi connectivity index (χ2n) is 4.47. The molecule has 0 rings (SSSR count). The van der Waals surface area contributed by atoms with E-state index in [2.05, 4.69) is 6.92 Å². The highest BCUT2D eigenvalue weighted by molar-refractivity contribution is 5.77. The van der Waals surface area contributed by atoms with E-state index in [1.807, 2.05) is 6.92 Å². The monoisotopic (exact) mass is 212 g/mol. The average molecular weight is 212 g/mol. The van der Waals surface area contributed by atoms with Gasteiger partial charge in [0.1, 0.15) is 5.78 Å². The predicted molar refractivity (Wildman–Crippen MR) is 67.1 cm³/mol. The van der Waals surface area contributed by atoms with E-state index in [1.165, 1.54) is 51.4 Å². The second-order valence-corrected chi connectivity index (χ2v) is 4.47. The lowest BCUT2D eigenvalue weighted by atomic mass is 10.1. The van der Waals surface area contributed by atoms with Gasteiger partial charge in [0, 0.05) is 12.8 Å². The van der Waals surface area contributed by atoms with E-state index in [-0.39, 0.29) is 0 Å². The van der Waals surface area contributed by atoms with Crippen molar-refractivity contribution in [2.75, 3.05) is 0 Å². The normalized spacial score (nSPS) is 10.5. The van der Waals surface area contributed by atoms with Gasteiger partial charge in [0.05, 0.1) is 0 Å². The number of ketones is 1. The first-order valence-electron chi connectivity index (χ1n) is 6.83. The van der Waals surface area contributed by atoms with Gasteiger partial charge in [-0.15, -0.1) is 0 Å². The number of carbonyl (C=O) groups is 1. The smallest absolute Gasteiger partial charge is 0.132 e. The maximum atomic E-state index is 11.0. The van der Waals surface area contributed by atoms with E-state index in [1.54, 1.807) is 0 Å². The zero-order chi connectivity index (χ0) is 11.4. The summed E-state index contributed by atoms with van der Waals surface area (Å²) < 4.78 is 0. The highest BCUT2D eigenvalue weighted by atomic mass is 16.1. The van der Waals surface area contributed by atoms with Gasteiger partial charge in [-0.25, -0.2) is 0 Å². The second kappa shape index (κ2) is 11.7. The minimum atomic E-state index is 0.429. The van der Waals surface area contributed by atoms with Crippen LogP contribution in [-0.2, 0) is 4.79 Å². The number of unbranched alkanes of at least 4 members (excludes halogenated alkanes) is 8. The zero-order valence-electron chi connectivity index (χ0n) is 10.7. The van der Waals surface area contributed by atoms with Crippen LogP contribution >= 0.6 is 0 Å². The fraction of sp³-hybridized carbons (Fsp3) is 0.929. The van der Waals surface area contributed by atoms with Crippen molar-refractivity contribution in [1.29, 1.82) is 0 Å². The van der Waals surface area contributed by atoms with Gasteiger partial charge in [0.25, 0.3) is 0 Å². The van der Waals surface area contributed by atoms with E-state index < -0.39 is 0 Å². The molecule has 0 aliphatic heterocycles. The molecule has 0 atom stereocenters. The van der Waals surface area contributed by atoms with Crippen LogP contribution < -0.4 is 0 Å². The Morgan fingerprint density at radius 1 is 0.733 bits per heavy atom. The molecule has 0 aromatic heterocycles. The van der Waals surface area contributed by atoms with Crippen LogP contribution in [0.3, 0.4) is 0 Å². The van der Waals surface area contributed by atoms with Crippen molar-refractivity contribution in [3.63, 3.8) is 0 Å². The summed E-state index contributed by atoms with van der Waals surface area (Å²) in [6.45, 7) is 4.21. The van der Waals surface area contributed by atoms with Crippen molar-refractivity contribution in [2.24, 2.45) is 0 Å². The molecule has 0 heterocycles. The van der Waals surface area contributed by atoms with E-state index >= 15 is 0 Å². The standard InChI is InChI=1S/C14H28O/c1-3-5-6-7-8-9-10-11-12-13-14(15)4-2/h3-13H2,1-2H3. The van der Waals surface area contributed by atoms with Gasteiger partial charge >= 0.3 is 0 Å². The largest absolute Gasteiger partial charge is 0.300 e. The molecular formula is C14H28O. The zero-order valence-corrected chi connectivity index (χ0v) is 10.7. The lowest BCUT2D eigenvalue weighted by Gasteiger charge is -2.01. The van der Waals surface area contributed by atoms with Crippen molar-refractivity contribution >= 4 is 5.78 Å². The molecule has 0 fully saturated rings. The van der Waals surface area contributed by atoms with Gasteiger partial charge in [0.15, 0.2) is 0 Å². The predicted octanol–water partition coefficient (Wildman–Crippen LogP) is 4.89. The Kier molecular flexibility index (Phi) is 11.5. The molecule has 0 saturated carbocycles. The first-order chi connectivity index (χ1) is 7.31. The van der Waals surface area contributed by atoms with E-state index in [9.17, 15) is 4.79 Å². The summed E-state index contributed by atoms with van der Waals surface area (Å²) in [6, 6.07) is 0. The molecule has 0 unspecified atom stereocenters. The topological polar surface area (TPSA) is 17.1 Å². The van der Waals surface area contributed by atoms with E-state index in [0.29, 0.717) is 5.78 Å². The SMILES string of the molecule is CCCCCCCCCCCC(=O)CC. The van der Waals surface area contributed by atoms with Gasteiger partial charge < -0.3 is 0 Å². The van der Waals surface area contributed by atoms with Crippen LogP contribution in [0, 0.1) is 0 Å². The molecular weight excluding hydrogens is 184 g/mol. The summed E-state index contributed by atoms with van der Waals surface area (Å²) in [4.78, 5) is 11.0. The van der Waals surface area contributed by atoms with Crippen molar-refractivity contribution in [3.8, 4) is 0 Å². The molecule has 0 aromatic carbocycles. The van der Waals surface area contributed by atoms with Gasteiger partial charge in [-0.05, 0) is 6.42 Å². The summed E-state index contributed by atoms with van der Waals surface area (Å²) in [5.41, 5.74) is 0. The summed E-state index contributed by atoms with van der Waals surface area (Å²) >= 11 is 0. The molecule has 1 heteroatoms. The number of hydrogen-bond donors (Lipinski definition) is 0. The molecule has 0 aliphatic rings. The van der Waals surface area contributed by atoms with Crippen molar-refractivity contribution in [3.05, 3.63) is 0 Å². The van der Waals surface area contributed by atoms with Crippen LogP contribution in [-0.4, -0.2) is 5.78 Å². The molecule has 0 saturated heterocycles. The number of carbonyl (C=O) groups excluding carboxylic acids is 1. The summed E-state index contributed by atoms with van der Waals surface area (Å²) in [7, 11) is 0. The van der Waals surface area contributed by atoms with Crippen LogP contribution in [0.4, 0.5) is 0 Å². The van der Waals surface area contributed by atoms with Crippen LogP contribution in [0.25, 0.3) is 0 Å². The minimum Gasteiger partial charge on any atom is -0.300 e. The van der Waals surface area contributed by atoms with Crippen LogP contribution in [0.2, 0.25) is 0 Å². The van der Waals surface area contributed by atoms with Gasteiger partial charge in [-0.2, -0.15) is 0 Å². The molecule has 0 aromatic rings. The molecule has 1 nitrogen and oxygen atoms in total. The molecule has 0 bridgehead atoms. The highest BCUT2D eigenvalue weighted by Crippen LogP contribution is 2.10. The van der Waals surface area contributed by atoms with E-state index in [4.69, 9.17) is 0 Å². The van der Waals surface area contributed by atoms with E-state index in [0.717, 1.165) is 19.3 Å². The Morgan fingerprint density at radius 2 is 1.20 bits per heavy atom. The summed E-state index contributed by atoms with van der Waals surface area (Å²) in [5.74, 6) is 0.429. The van der Waals surface area contributed by atoms with Gasteiger partial charge in [-0.1, -0.05) is 65.2 Å². The first kappa shape index (κ1) is 14.7. The first-order valence-corrected chi connectivity index (χ1v) is 6.83. The van der Waals surface area contributed by atoms with Crippen molar-refractivity contribution in [1.82, 2.24) is 0 Å². The molecule has 0 N–H and O–H groups in total. The van der Waals surface area contributed by atoms with Crippen LogP contribution in [0.15, 0.2) is 0 Å². The Balaban J connectivity index is 2.95. The number of rotatable bonds is 11. The number of hydrogen-bond acceptors (Lipinski definition) is 1. The van der Waals surface area contributed by atoms with Crippen LogP contribution in [0.5, 0.6) is 0 Å². The van der Waals surface area contributed by atoms with Crippen molar-refractivity contribution < 1.29 is 4.79 Å². The van der Waals surface area contributed by atoms with Gasteiger partial charge in [0.2, 0.25) is 0 Å². The fourth-order valence-corrected chi connectivity index (χ4v) is 1.81. The third-order valence-corrected chi connectivity index (χ3v) is 2.95. The molecule has 90 valence electrons. The quantitative estimate of drug-likeness (QED) is 0.446. The van der Waals surface area contributed by atoms with Crippen LogP contribution in [0.1, 0.15) is 84.5 Å². The third-order valence-electron chi connectivity index (χ3n) is 2.95. The Hall–Kier alpha value is -0.330. The Morgan fingerprint density at radius 3 is 1.67 bits per heavy atom. The van der Waals surface area contributed by atoms with Gasteiger partial charge in [-0.3, -0.25) is 4.79 Å². The van der Waals surface area contributed by atoms with Crippen molar-refractivity contribution in [2.45, 2.75) is 84.5 Å². The third kappa shape index (κ3) is 11.6. The molecule has 0 radical (unpaired) electrons. The minimum absolute atomic E-state index is 0.429. The molecule has 15 heavy (non-hydrogen) atoms. The molecule has 0 aliphatic carbocycles.